The van der Waals surface area contributed by atoms with Crippen LogP contribution in [0.1, 0.15) is 11.1 Å². The van der Waals surface area contributed by atoms with Crippen molar-refractivity contribution in [2.45, 2.75) is 12.8 Å². The summed E-state index contributed by atoms with van der Waals surface area (Å²) in [7, 11) is 0. The van der Waals surface area contributed by atoms with Gasteiger partial charge in [-0.1, -0.05) is 97.1 Å². The standard InChI is InChI=1S/C62H40N6/c1-2-7-48-47(6-1)49-9-4-10-51-54(20-19-52(48)60(49)51)62-56-18-15-45(67(41-21-29-63-30-22-41)42-23-31-64-32-24-42)37-57(56)61(53-16-13-40-12-11-39-5-3-8-50(53)59(39)40)55-17-14-46(38-58(55)62)68(43-25-33-65-34-26-43)44-27-35-66-36-28-44/h1-10,13-38H,11-12H2. The molecule has 4 aromatic heterocycles. The number of pyridine rings is 4. The van der Waals surface area contributed by atoms with Crippen LogP contribution in [0.25, 0.3) is 87.6 Å². The van der Waals surface area contributed by atoms with Crippen molar-refractivity contribution in [2.24, 2.45) is 0 Å². The number of hydrogen-bond donors (Lipinski definition) is 0. The maximum atomic E-state index is 4.41. The van der Waals surface area contributed by atoms with E-state index in [2.05, 4.69) is 200 Å². The van der Waals surface area contributed by atoms with E-state index < -0.39 is 0 Å². The lowest BCUT2D eigenvalue weighted by atomic mass is 9.82. The van der Waals surface area contributed by atoms with E-state index in [1.54, 1.807) is 0 Å². The fourth-order valence-electron chi connectivity index (χ4n) is 11.4. The molecule has 318 valence electrons. The van der Waals surface area contributed by atoms with Crippen LogP contribution in [-0.2, 0) is 12.8 Å². The van der Waals surface area contributed by atoms with Gasteiger partial charge < -0.3 is 9.80 Å². The second-order valence-electron chi connectivity index (χ2n) is 17.7. The molecule has 0 amide bonds. The second-order valence-corrected chi connectivity index (χ2v) is 17.7. The first-order valence-corrected chi connectivity index (χ1v) is 23.2. The van der Waals surface area contributed by atoms with Crippen LogP contribution in [0.15, 0.2) is 219 Å². The number of aryl methyl sites for hydroxylation is 2. The lowest BCUT2D eigenvalue weighted by molar-refractivity contribution is 1.02. The summed E-state index contributed by atoms with van der Waals surface area (Å²) in [5, 5.41) is 9.93. The molecule has 0 saturated heterocycles. The highest BCUT2D eigenvalue weighted by Crippen LogP contribution is 2.54. The van der Waals surface area contributed by atoms with Gasteiger partial charge in [-0.3, -0.25) is 19.9 Å². The highest BCUT2D eigenvalue weighted by molar-refractivity contribution is 6.28. The fraction of sp³-hybridized carbons (Fsp3) is 0.0323. The normalized spacial score (nSPS) is 12.3. The topological polar surface area (TPSA) is 58.0 Å². The Morgan fingerprint density at radius 2 is 0.662 bits per heavy atom. The Balaban J connectivity index is 1.15. The molecule has 68 heavy (non-hydrogen) atoms. The Labute approximate surface area is 393 Å². The van der Waals surface area contributed by atoms with Crippen molar-refractivity contribution in [1.29, 1.82) is 0 Å². The van der Waals surface area contributed by atoms with Crippen molar-refractivity contribution in [2.75, 3.05) is 9.80 Å². The molecule has 2 aliphatic rings. The third-order valence-corrected chi connectivity index (χ3v) is 14.2. The van der Waals surface area contributed by atoms with E-state index in [1.807, 2.05) is 49.6 Å². The maximum Gasteiger partial charge on any atom is 0.0492 e. The van der Waals surface area contributed by atoms with Crippen LogP contribution >= 0.6 is 0 Å². The summed E-state index contributed by atoms with van der Waals surface area (Å²) in [5.74, 6) is 0. The summed E-state index contributed by atoms with van der Waals surface area (Å²) >= 11 is 0. The van der Waals surface area contributed by atoms with E-state index in [0.717, 1.165) is 47.0 Å². The first-order chi connectivity index (χ1) is 33.8. The van der Waals surface area contributed by atoms with Crippen LogP contribution in [0.2, 0.25) is 0 Å². The second kappa shape index (κ2) is 15.3. The molecule has 0 spiro atoms. The van der Waals surface area contributed by atoms with Crippen molar-refractivity contribution >= 4 is 77.2 Å². The first-order valence-electron chi connectivity index (χ1n) is 23.2. The summed E-state index contributed by atoms with van der Waals surface area (Å²) in [4.78, 5) is 22.3. The van der Waals surface area contributed by atoms with Crippen LogP contribution < -0.4 is 9.80 Å². The SMILES string of the molecule is c1ccc2c(c1)-c1cccc3c(-c4c5ccc(N(c6ccncc6)c6ccncc6)cc5c(-c5ccc6c7c(cccc57)CC6)c5ccc(N(c6ccncc6)c6ccncc6)cc45)ccc-2c13. The molecule has 0 unspecified atom stereocenters. The molecule has 0 aliphatic heterocycles. The van der Waals surface area contributed by atoms with Gasteiger partial charge in [-0.15, -0.1) is 0 Å². The zero-order chi connectivity index (χ0) is 44.7. The van der Waals surface area contributed by atoms with Gasteiger partial charge in [0.25, 0.3) is 0 Å². The number of aromatic nitrogens is 4. The summed E-state index contributed by atoms with van der Waals surface area (Å²) < 4.78 is 0. The van der Waals surface area contributed by atoms with Gasteiger partial charge in [-0.05, 0) is 184 Å². The van der Waals surface area contributed by atoms with Crippen molar-refractivity contribution in [3.05, 3.63) is 231 Å². The minimum Gasteiger partial charge on any atom is -0.310 e. The zero-order valence-corrected chi connectivity index (χ0v) is 36.9. The van der Waals surface area contributed by atoms with Crippen molar-refractivity contribution < 1.29 is 0 Å². The predicted molar refractivity (Wildman–Crippen MR) is 280 cm³/mol. The Bertz CT molecular complexity index is 3850. The Morgan fingerprint density at radius 1 is 0.265 bits per heavy atom. The molecule has 0 fully saturated rings. The van der Waals surface area contributed by atoms with E-state index in [1.165, 1.54) is 98.7 Å². The monoisotopic (exact) mass is 868 g/mol. The molecule has 14 rings (SSSR count). The molecule has 0 radical (unpaired) electrons. The molecular formula is C62H40N6. The molecule has 8 aromatic carbocycles. The minimum absolute atomic E-state index is 1.01. The summed E-state index contributed by atoms with van der Waals surface area (Å²) in [6.07, 6.45) is 17.0. The van der Waals surface area contributed by atoms with Crippen molar-refractivity contribution in [1.82, 2.24) is 19.9 Å². The van der Waals surface area contributed by atoms with E-state index in [-0.39, 0.29) is 0 Å². The van der Waals surface area contributed by atoms with E-state index >= 15 is 0 Å². The molecule has 4 heterocycles. The molecular weight excluding hydrogens is 829 g/mol. The van der Waals surface area contributed by atoms with E-state index in [4.69, 9.17) is 0 Å². The van der Waals surface area contributed by atoms with Gasteiger partial charge in [0.05, 0.1) is 0 Å². The number of nitrogens with zero attached hydrogens (tertiary/aromatic N) is 6. The number of rotatable bonds is 8. The van der Waals surface area contributed by atoms with Crippen LogP contribution in [-0.4, -0.2) is 19.9 Å². The zero-order valence-electron chi connectivity index (χ0n) is 36.9. The summed E-state index contributed by atoms with van der Waals surface area (Å²) in [6.45, 7) is 0. The Morgan fingerprint density at radius 3 is 1.16 bits per heavy atom. The van der Waals surface area contributed by atoms with Crippen molar-refractivity contribution in [3.63, 3.8) is 0 Å². The van der Waals surface area contributed by atoms with Gasteiger partial charge in [0.1, 0.15) is 0 Å². The molecule has 6 heteroatoms. The lowest BCUT2D eigenvalue weighted by Crippen LogP contribution is -2.10. The average Bonchev–Trinajstić information content (AvgIpc) is 3.98. The van der Waals surface area contributed by atoms with Crippen LogP contribution in [0.4, 0.5) is 34.1 Å². The number of anilines is 6. The Hall–Kier alpha value is -9.00. The van der Waals surface area contributed by atoms with Gasteiger partial charge in [0.15, 0.2) is 0 Å². The quantitative estimate of drug-likeness (QED) is 0.142. The van der Waals surface area contributed by atoms with Crippen molar-refractivity contribution in [3.8, 4) is 44.5 Å². The largest absolute Gasteiger partial charge is 0.310 e. The molecule has 2 aliphatic carbocycles. The van der Waals surface area contributed by atoms with Crippen LogP contribution in [0.5, 0.6) is 0 Å². The predicted octanol–water partition coefficient (Wildman–Crippen LogP) is 15.9. The molecule has 12 aromatic rings. The smallest absolute Gasteiger partial charge is 0.0492 e. The highest BCUT2D eigenvalue weighted by Gasteiger charge is 2.27. The van der Waals surface area contributed by atoms with Gasteiger partial charge in [-0.25, -0.2) is 0 Å². The maximum absolute atomic E-state index is 4.41. The third kappa shape index (κ3) is 5.84. The third-order valence-electron chi connectivity index (χ3n) is 14.2. The summed E-state index contributed by atoms with van der Waals surface area (Å²) in [5.41, 5.74) is 19.0. The highest BCUT2D eigenvalue weighted by atomic mass is 15.1. The fourth-order valence-corrected chi connectivity index (χ4v) is 11.4. The number of fused-ring (bicyclic) bond motifs is 5. The molecule has 0 bridgehead atoms. The molecule has 0 atom stereocenters. The number of benzene rings is 8. The van der Waals surface area contributed by atoms with Crippen LogP contribution in [0.3, 0.4) is 0 Å². The van der Waals surface area contributed by atoms with E-state index in [0.29, 0.717) is 0 Å². The van der Waals surface area contributed by atoms with E-state index in [9.17, 15) is 0 Å². The molecule has 6 nitrogen and oxygen atoms in total. The lowest BCUT2D eigenvalue weighted by Gasteiger charge is -2.28. The van der Waals surface area contributed by atoms with Gasteiger partial charge in [-0.2, -0.15) is 0 Å². The van der Waals surface area contributed by atoms with Gasteiger partial charge >= 0.3 is 0 Å². The average molecular weight is 869 g/mol. The molecule has 0 saturated carbocycles. The van der Waals surface area contributed by atoms with Gasteiger partial charge in [0, 0.05) is 83.7 Å². The molecule has 0 N–H and O–H groups in total. The minimum atomic E-state index is 1.01. The Kier molecular flexibility index (Phi) is 8.61. The first kappa shape index (κ1) is 38.3. The summed E-state index contributed by atoms with van der Waals surface area (Å²) in [6, 6.07) is 62.8. The number of hydrogen-bond acceptors (Lipinski definition) is 6. The van der Waals surface area contributed by atoms with Gasteiger partial charge in [0.2, 0.25) is 0 Å². The van der Waals surface area contributed by atoms with Crippen LogP contribution in [0, 0.1) is 0 Å².